The maximum atomic E-state index is 11.4. The maximum Gasteiger partial charge on any atom is 0.339 e. The molecule has 0 atom stereocenters. The van der Waals surface area contributed by atoms with Crippen LogP contribution in [0.5, 0.6) is 5.75 Å². The Morgan fingerprint density at radius 1 is 1.42 bits per heavy atom. The molecule has 0 aliphatic heterocycles. The lowest BCUT2D eigenvalue weighted by molar-refractivity contribution is -0.121. The minimum Gasteiger partial charge on any atom is -0.492 e. The number of halogens is 1. The Bertz CT molecular complexity index is 499. The predicted molar refractivity (Wildman–Crippen MR) is 77.4 cm³/mol. The van der Waals surface area contributed by atoms with E-state index < -0.39 is 5.97 Å². The quantitative estimate of drug-likeness (QED) is 0.747. The van der Waals surface area contributed by atoms with Crippen LogP contribution in [-0.2, 0) is 4.79 Å². The van der Waals surface area contributed by atoms with Crippen molar-refractivity contribution in [3.05, 3.63) is 27.3 Å². The van der Waals surface area contributed by atoms with Gasteiger partial charge in [0.15, 0.2) is 0 Å². The first-order valence-corrected chi connectivity index (χ1v) is 7.09. The highest BCUT2D eigenvalue weighted by Crippen LogP contribution is 2.22. The lowest BCUT2D eigenvalue weighted by Gasteiger charge is -2.09. The fourth-order valence-corrected chi connectivity index (χ4v) is 2.07. The number of hydrogen-bond acceptors (Lipinski definition) is 3. The van der Waals surface area contributed by atoms with Crippen LogP contribution in [0.3, 0.4) is 0 Å². The van der Waals surface area contributed by atoms with Crippen molar-refractivity contribution in [3.8, 4) is 5.75 Å². The molecule has 2 N–H and O–H groups in total. The van der Waals surface area contributed by atoms with E-state index in [1.807, 2.05) is 22.6 Å². The number of carboxylic acid groups (broad SMARTS) is 1. The Labute approximate surface area is 124 Å². The normalized spacial score (nSPS) is 13.9. The number of aromatic carboxylic acids is 1. The van der Waals surface area contributed by atoms with Gasteiger partial charge in [0.1, 0.15) is 11.3 Å². The minimum atomic E-state index is -1.03. The van der Waals surface area contributed by atoms with Gasteiger partial charge in [-0.3, -0.25) is 4.79 Å². The average molecular weight is 375 g/mol. The van der Waals surface area contributed by atoms with Crippen molar-refractivity contribution in [1.82, 2.24) is 5.32 Å². The van der Waals surface area contributed by atoms with Crippen LogP contribution in [0, 0.1) is 3.57 Å². The van der Waals surface area contributed by atoms with Gasteiger partial charge in [-0.15, -0.1) is 0 Å². The second-order valence-corrected chi connectivity index (χ2v) is 5.63. The molecule has 1 fully saturated rings. The molecule has 0 radical (unpaired) electrons. The minimum absolute atomic E-state index is 0.0510. The molecule has 2 rings (SSSR count). The Kier molecular flexibility index (Phi) is 4.62. The third-order valence-corrected chi connectivity index (χ3v) is 3.37. The van der Waals surface area contributed by atoms with E-state index in [0.29, 0.717) is 11.8 Å². The van der Waals surface area contributed by atoms with Crippen molar-refractivity contribution < 1.29 is 19.4 Å². The number of carboxylic acids is 1. The van der Waals surface area contributed by atoms with E-state index in [0.717, 1.165) is 16.4 Å². The van der Waals surface area contributed by atoms with E-state index in [-0.39, 0.29) is 24.5 Å². The topological polar surface area (TPSA) is 75.6 Å². The zero-order valence-corrected chi connectivity index (χ0v) is 12.3. The van der Waals surface area contributed by atoms with Gasteiger partial charge in [0, 0.05) is 9.61 Å². The van der Waals surface area contributed by atoms with Crippen LogP contribution in [-0.4, -0.2) is 29.6 Å². The number of carbonyl (C=O) groups excluding carboxylic acids is 1. The van der Waals surface area contributed by atoms with E-state index >= 15 is 0 Å². The van der Waals surface area contributed by atoms with Gasteiger partial charge in [-0.05, 0) is 53.6 Å². The molecule has 1 aliphatic carbocycles. The zero-order valence-electron chi connectivity index (χ0n) is 10.2. The lowest BCUT2D eigenvalue weighted by Crippen LogP contribution is -2.26. The molecular formula is C13H14INO4. The summed E-state index contributed by atoms with van der Waals surface area (Å²) in [6.45, 7) is 0.180. The smallest absolute Gasteiger partial charge is 0.339 e. The Morgan fingerprint density at radius 2 is 2.16 bits per heavy atom. The van der Waals surface area contributed by atoms with Crippen molar-refractivity contribution in [1.29, 1.82) is 0 Å². The summed E-state index contributed by atoms with van der Waals surface area (Å²) in [6, 6.07) is 5.26. The molecule has 102 valence electrons. The van der Waals surface area contributed by atoms with Gasteiger partial charge in [0.2, 0.25) is 5.91 Å². The SMILES string of the molecule is O=C(CCOc1ccc(I)cc1C(=O)O)NC1CC1. The highest BCUT2D eigenvalue weighted by atomic mass is 127. The number of amides is 1. The number of nitrogens with one attached hydrogen (secondary N) is 1. The highest BCUT2D eigenvalue weighted by Gasteiger charge is 2.23. The number of ether oxygens (including phenoxy) is 1. The fraction of sp³-hybridized carbons (Fsp3) is 0.385. The van der Waals surface area contributed by atoms with Crippen molar-refractivity contribution in [2.24, 2.45) is 0 Å². The number of rotatable bonds is 6. The summed E-state index contributed by atoms with van der Waals surface area (Å²) in [5, 5.41) is 11.9. The van der Waals surface area contributed by atoms with E-state index in [1.54, 1.807) is 18.2 Å². The van der Waals surface area contributed by atoms with Crippen LogP contribution < -0.4 is 10.1 Å². The second kappa shape index (κ2) is 6.23. The molecule has 1 aromatic rings. The van der Waals surface area contributed by atoms with Crippen LogP contribution in [0.1, 0.15) is 29.6 Å². The summed E-state index contributed by atoms with van der Waals surface area (Å²) < 4.78 is 6.21. The van der Waals surface area contributed by atoms with Gasteiger partial charge >= 0.3 is 5.97 Å². The van der Waals surface area contributed by atoms with Gasteiger partial charge < -0.3 is 15.2 Å². The molecule has 0 saturated heterocycles. The Morgan fingerprint density at radius 3 is 2.79 bits per heavy atom. The molecule has 1 aliphatic rings. The number of hydrogen-bond donors (Lipinski definition) is 2. The summed E-state index contributed by atoms with van der Waals surface area (Å²) in [4.78, 5) is 22.5. The summed E-state index contributed by atoms with van der Waals surface area (Å²) in [5.41, 5.74) is 0.120. The van der Waals surface area contributed by atoms with Gasteiger partial charge in [-0.25, -0.2) is 4.79 Å². The van der Waals surface area contributed by atoms with Crippen LogP contribution in [0.4, 0.5) is 0 Å². The van der Waals surface area contributed by atoms with Crippen molar-refractivity contribution >= 4 is 34.5 Å². The van der Waals surface area contributed by atoms with Crippen molar-refractivity contribution in [2.45, 2.75) is 25.3 Å². The second-order valence-electron chi connectivity index (χ2n) is 4.39. The standard InChI is InChI=1S/C13H14INO4/c14-8-1-4-11(10(7-8)13(17)18)19-6-5-12(16)15-9-2-3-9/h1,4,7,9H,2-3,5-6H2,(H,15,16)(H,17,18). The van der Waals surface area contributed by atoms with Crippen LogP contribution in [0.2, 0.25) is 0 Å². The fourth-order valence-electron chi connectivity index (χ4n) is 1.58. The summed E-state index contributed by atoms with van der Waals surface area (Å²) >= 11 is 2.04. The Balaban J connectivity index is 1.87. The number of benzene rings is 1. The largest absolute Gasteiger partial charge is 0.492 e. The summed E-state index contributed by atoms with van der Waals surface area (Å²) in [7, 11) is 0. The molecular weight excluding hydrogens is 361 g/mol. The first-order chi connectivity index (χ1) is 9.06. The summed E-state index contributed by atoms with van der Waals surface area (Å²) in [5.74, 6) is -0.784. The molecule has 1 amide bonds. The van der Waals surface area contributed by atoms with Crippen molar-refractivity contribution in [2.75, 3.05) is 6.61 Å². The molecule has 1 saturated carbocycles. The predicted octanol–water partition coefficient (Wildman–Crippen LogP) is 2.04. The van der Waals surface area contributed by atoms with Crippen molar-refractivity contribution in [3.63, 3.8) is 0 Å². The van der Waals surface area contributed by atoms with Gasteiger partial charge in [0.05, 0.1) is 13.0 Å². The molecule has 0 bridgehead atoms. The molecule has 0 heterocycles. The molecule has 1 aromatic carbocycles. The van der Waals surface area contributed by atoms with E-state index in [9.17, 15) is 9.59 Å². The summed E-state index contributed by atoms with van der Waals surface area (Å²) in [6.07, 6.45) is 2.33. The number of carbonyl (C=O) groups is 2. The van der Waals surface area contributed by atoms with Gasteiger partial charge in [-0.2, -0.15) is 0 Å². The van der Waals surface area contributed by atoms with Crippen LogP contribution in [0.25, 0.3) is 0 Å². The monoisotopic (exact) mass is 375 g/mol. The van der Waals surface area contributed by atoms with Crippen LogP contribution in [0.15, 0.2) is 18.2 Å². The Hall–Kier alpha value is -1.31. The van der Waals surface area contributed by atoms with Gasteiger partial charge in [-0.1, -0.05) is 0 Å². The third kappa shape index (κ3) is 4.38. The zero-order chi connectivity index (χ0) is 13.8. The van der Waals surface area contributed by atoms with Gasteiger partial charge in [0.25, 0.3) is 0 Å². The molecule has 19 heavy (non-hydrogen) atoms. The first-order valence-electron chi connectivity index (χ1n) is 6.01. The molecule has 0 unspecified atom stereocenters. The maximum absolute atomic E-state index is 11.4. The molecule has 5 nitrogen and oxygen atoms in total. The average Bonchev–Trinajstić information content (AvgIpc) is 3.14. The highest BCUT2D eigenvalue weighted by molar-refractivity contribution is 14.1. The van der Waals surface area contributed by atoms with E-state index in [2.05, 4.69) is 5.32 Å². The molecule has 6 heteroatoms. The lowest BCUT2D eigenvalue weighted by atomic mass is 10.2. The molecule has 0 aromatic heterocycles. The van der Waals surface area contributed by atoms with E-state index in [4.69, 9.17) is 9.84 Å². The first kappa shape index (κ1) is 14.1. The third-order valence-electron chi connectivity index (χ3n) is 2.70. The van der Waals surface area contributed by atoms with E-state index in [1.165, 1.54) is 0 Å². The molecule has 0 spiro atoms. The van der Waals surface area contributed by atoms with Crippen LogP contribution >= 0.6 is 22.6 Å².